The summed E-state index contributed by atoms with van der Waals surface area (Å²) in [7, 11) is 0. The van der Waals surface area contributed by atoms with Crippen LogP contribution in [0.25, 0.3) is 27.6 Å². The lowest BCUT2D eigenvalue weighted by Crippen LogP contribution is -2.34. The minimum absolute atomic E-state index is 0.0552. The van der Waals surface area contributed by atoms with Crippen LogP contribution < -0.4 is 5.73 Å². The predicted molar refractivity (Wildman–Crippen MR) is 156 cm³/mol. The number of nitrogen functional groups attached to an aromatic ring is 1. The topological polar surface area (TPSA) is 176 Å². The highest BCUT2D eigenvalue weighted by atomic mass is 79.9. The average molecular weight is 654 g/mol. The number of imidazole rings is 1. The first-order valence-electron chi connectivity index (χ1n) is 13.3. The summed E-state index contributed by atoms with van der Waals surface area (Å²) in [4.78, 5) is 24.9. The van der Waals surface area contributed by atoms with Crippen LogP contribution in [-0.2, 0) is 14.3 Å². The fraction of sp³-hybridized carbons (Fsp3) is 0.333. The number of benzene rings is 2. The number of fused-ring (bicyclic) bond motifs is 2. The maximum atomic E-state index is 12.7. The largest absolute Gasteiger partial charge is 0.462 e. The maximum Gasteiger partial charge on any atom is 0.316 e. The molecule has 216 valence electrons. The molecule has 2 aliphatic rings. The number of hydrogen-bond acceptors (Lipinski definition) is 12. The number of halogens is 1. The molecule has 4 atom stereocenters. The van der Waals surface area contributed by atoms with Gasteiger partial charge in [0.05, 0.1) is 17.8 Å². The zero-order chi connectivity index (χ0) is 29.0. The summed E-state index contributed by atoms with van der Waals surface area (Å²) < 4.78 is 15.1. The van der Waals surface area contributed by atoms with E-state index >= 15 is 0 Å². The van der Waals surface area contributed by atoms with Crippen LogP contribution in [0.5, 0.6) is 0 Å². The van der Waals surface area contributed by atoms with Gasteiger partial charge in [0, 0.05) is 5.39 Å². The van der Waals surface area contributed by atoms with Crippen LogP contribution in [0, 0.1) is 0 Å². The Bertz CT molecular complexity index is 1810. The second-order valence-electron chi connectivity index (χ2n) is 10.2. The molecule has 15 heteroatoms. The lowest BCUT2D eigenvalue weighted by atomic mass is 9.99. The molecule has 42 heavy (non-hydrogen) atoms. The van der Waals surface area contributed by atoms with Crippen molar-refractivity contribution >= 4 is 61.4 Å². The number of esters is 1. The molecule has 3 aromatic heterocycles. The van der Waals surface area contributed by atoms with Gasteiger partial charge in [0.15, 0.2) is 22.8 Å². The van der Waals surface area contributed by atoms with Gasteiger partial charge in [0.1, 0.15) is 36.8 Å². The van der Waals surface area contributed by atoms with E-state index in [1.165, 1.54) is 52.8 Å². The molecule has 2 fully saturated rings. The van der Waals surface area contributed by atoms with E-state index in [1.807, 2.05) is 16.7 Å². The smallest absolute Gasteiger partial charge is 0.316 e. The number of aromatic nitrogens is 7. The molecule has 2 aromatic carbocycles. The third-order valence-electron chi connectivity index (χ3n) is 7.51. The predicted octanol–water partition coefficient (Wildman–Crippen LogP) is 2.74. The monoisotopic (exact) mass is 652 g/mol. The fourth-order valence-corrected chi connectivity index (χ4v) is 6.59. The second-order valence-corrected chi connectivity index (χ2v) is 11.8. The number of thioether (sulfide) groups is 1. The molecule has 4 heterocycles. The SMILES string of the molecule is Nc1ncnc2c1ncn2[C@@H]1O[C@H](COC(=O)CSc2nnc(Br)n2-c2ccc(C3CC3)c3ccccc23)[C@@H](O)[C@H]1O. The van der Waals surface area contributed by atoms with Gasteiger partial charge in [-0.3, -0.25) is 13.9 Å². The van der Waals surface area contributed by atoms with Crippen LogP contribution in [0.2, 0.25) is 0 Å². The third-order valence-corrected chi connectivity index (χ3v) is 8.93. The number of hydrogen-bond donors (Lipinski definition) is 3. The Balaban J connectivity index is 1.02. The van der Waals surface area contributed by atoms with Gasteiger partial charge < -0.3 is 25.4 Å². The number of aliphatic hydroxyl groups excluding tert-OH is 2. The van der Waals surface area contributed by atoms with Crippen LogP contribution in [0.1, 0.15) is 30.6 Å². The van der Waals surface area contributed by atoms with Gasteiger partial charge in [0.2, 0.25) is 4.73 Å². The second kappa shape index (κ2) is 10.9. The van der Waals surface area contributed by atoms with Gasteiger partial charge in [-0.2, -0.15) is 0 Å². The number of aliphatic hydroxyl groups is 2. The maximum absolute atomic E-state index is 12.7. The number of carbonyl (C=O) groups is 1. The van der Waals surface area contributed by atoms with Gasteiger partial charge in [-0.25, -0.2) is 15.0 Å². The molecule has 0 spiro atoms. The molecule has 7 rings (SSSR count). The number of rotatable bonds is 8. The molecule has 0 amide bonds. The first-order valence-corrected chi connectivity index (χ1v) is 15.0. The molecule has 1 saturated carbocycles. The Morgan fingerprint density at radius 1 is 1.10 bits per heavy atom. The van der Waals surface area contributed by atoms with Gasteiger partial charge in [-0.15, -0.1) is 10.2 Å². The van der Waals surface area contributed by atoms with Crippen molar-refractivity contribution in [2.45, 2.75) is 48.5 Å². The summed E-state index contributed by atoms with van der Waals surface area (Å²) in [5.41, 5.74) is 8.79. The lowest BCUT2D eigenvalue weighted by Gasteiger charge is -2.16. The van der Waals surface area contributed by atoms with E-state index in [9.17, 15) is 15.0 Å². The number of nitrogens with zero attached hydrogens (tertiary/aromatic N) is 7. The van der Waals surface area contributed by atoms with Crippen LogP contribution in [0.15, 0.2) is 58.9 Å². The number of nitrogens with two attached hydrogens (primary N) is 1. The van der Waals surface area contributed by atoms with E-state index < -0.39 is 30.5 Å². The van der Waals surface area contributed by atoms with Gasteiger partial charge in [-0.1, -0.05) is 42.1 Å². The van der Waals surface area contributed by atoms with Gasteiger partial charge in [-0.05, 0) is 51.7 Å². The summed E-state index contributed by atoms with van der Waals surface area (Å²) in [6.07, 6.45) is 0.491. The Hall–Kier alpha value is -3.63. The normalized spacial score (nSPS) is 22.3. The van der Waals surface area contributed by atoms with Gasteiger partial charge in [0.25, 0.3) is 0 Å². The molecule has 5 aromatic rings. The van der Waals surface area contributed by atoms with E-state index in [-0.39, 0.29) is 18.2 Å². The average Bonchev–Trinajstić information content (AvgIpc) is 3.55. The zero-order valence-corrected chi connectivity index (χ0v) is 24.3. The molecule has 1 aliphatic carbocycles. The Morgan fingerprint density at radius 2 is 1.90 bits per heavy atom. The van der Waals surface area contributed by atoms with E-state index in [0.29, 0.717) is 27.0 Å². The quantitative estimate of drug-likeness (QED) is 0.165. The van der Waals surface area contributed by atoms with Crippen LogP contribution in [0.4, 0.5) is 5.82 Å². The summed E-state index contributed by atoms with van der Waals surface area (Å²) in [6, 6.07) is 12.5. The summed E-state index contributed by atoms with van der Waals surface area (Å²) in [5, 5.41) is 32.5. The standard InChI is InChI=1S/C27H25BrN8O5S/c28-26-33-34-27(36(26)17-8-7-14(13-5-6-13)15-3-1-2-4-16(15)17)42-10-19(37)40-9-18-21(38)22(39)25(41-18)35-12-32-20-23(29)30-11-31-24(20)35/h1-4,7-8,11-13,18,21-22,25,38-39H,5-6,9-10H2,(H2,29,30,31)/t18-,21-,22-,25-/m1/s1. The van der Waals surface area contributed by atoms with Crippen molar-refractivity contribution in [2.24, 2.45) is 0 Å². The zero-order valence-electron chi connectivity index (χ0n) is 21.9. The van der Waals surface area contributed by atoms with E-state index in [1.54, 1.807) is 0 Å². The Kier molecular flexibility index (Phi) is 7.06. The van der Waals surface area contributed by atoms with Crippen LogP contribution >= 0.6 is 27.7 Å². The van der Waals surface area contributed by atoms with E-state index in [2.05, 4.69) is 65.3 Å². The minimum Gasteiger partial charge on any atom is -0.462 e. The molecular formula is C27H25BrN8O5S. The van der Waals surface area contributed by atoms with Crippen molar-refractivity contribution in [3.8, 4) is 5.69 Å². The first kappa shape index (κ1) is 27.2. The van der Waals surface area contributed by atoms with E-state index in [4.69, 9.17) is 15.2 Å². The van der Waals surface area contributed by atoms with Crippen molar-refractivity contribution in [2.75, 3.05) is 18.1 Å². The highest BCUT2D eigenvalue weighted by molar-refractivity contribution is 9.10. The Labute approximate surface area is 251 Å². The highest BCUT2D eigenvalue weighted by Gasteiger charge is 2.45. The number of carbonyl (C=O) groups excluding carboxylic acids is 1. The molecule has 4 N–H and O–H groups in total. The lowest BCUT2D eigenvalue weighted by molar-refractivity contribution is -0.146. The molecule has 13 nitrogen and oxygen atoms in total. The molecule has 1 saturated heterocycles. The van der Waals surface area contributed by atoms with Crippen molar-refractivity contribution in [3.63, 3.8) is 0 Å². The molecule has 0 radical (unpaired) electrons. The summed E-state index contributed by atoms with van der Waals surface area (Å²) >= 11 is 4.69. The van der Waals surface area contributed by atoms with Gasteiger partial charge >= 0.3 is 5.97 Å². The molecule has 0 bridgehead atoms. The molecule has 0 unspecified atom stereocenters. The first-order chi connectivity index (χ1) is 20.4. The number of ether oxygens (including phenoxy) is 2. The van der Waals surface area contributed by atoms with Crippen molar-refractivity contribution in [1.82, 2.24) is 34.3 Å². The van der Waals surface area contributed by atoms with Crippen LogP contribution in [0.3, 0.4) is 0 Å². The van der Waals surface area contributed by atoms with E-state index in [0.717, 1.165) is 11.1 Å². The van der Waals surface area contributed by atoms with Crippen molar-refractivity contribution < 1.29 is 24.5 Å². The number of anilines is 1. The van der Waals surface area contributed by atoms with Crippen molar-refractivity contribution in [3.05, 3.63) is 59.3 Å². The summed E-state index contributed by atoms with van der Waals surface area (Å²) in [5.74, 6) is 0.186. The van der Waals surface area contributed by atoms with Crippen LogP contribution in [-0.4, -0.2) is 81.1 Å². The molecular weight excluding hydrogens is 628 g/mol. The minimum atomic E-state index is -1.31. The summed E-state index contributed by atoms with van der Waals surface area (Å²) in [6.45, 7) is -0.262. The third kappa shape index (κ3) is 4.80. The Morgan fingerprint density at radius 3 is 2.71 bits per heavy atom. The van der Waals surface area contributed by atoms with Crippen molar-refractivity contribution in [1.29, 1.82) is 0 Å². The molecule has 1 aliphatic heterocycles. The highest BCUT2D eigenvalue weighted by Crippen LogP contribution is 2.44. The fourth-order valence-electron chi connectivity index (χ4n) is 5.29.